The summed E-state index contributed by atoms with van der Waals surface area (Å²) in [4.78, 5) is 6.38. The summed E-state index contributed by atoms with van der Waals surface area (Å²) in [6.07, 6.45) is 4.57. The molecule has 0 fully saturated rings. The molecule has 4 heteroatoms. The monoisotopic (exact) mass is 319 g/mol. The third kappa shape index (κ3) is 3.55. The molecular formula is C15H18BrN3. The summed E-state index contributed by atoms with van der Waals surface area (Å²) in [6.45, 7) is 3.67. The fourth-order valence-corrected chi connectivity index (χ4v) is 2.41. The summed E-state index contributed by atoms with van der Waals surface area (Å²) >= 11 is 3.57. The molecule has 2 N–H and O–H groups in total. The summed E-state index contributed by atoms with van der Waals surface area (Å²) in [6, 6.07) is 10.5. The van der Waals surface area contributed by atoms with Crippen LogP contribution in [-0.2, 0) is 0 Å². The lowest BCUT2D eigenvalue weighted by Crippen LogP contribution is -2.21. The van der Waals surface area contributed by atoms with Crippen LogP contribution in [-0.4, -0.2) is 18.1 Å². The van der Waals surface area contributed by atoms with Crippen molar-refractivity contribution in [3.8, 4) is 0 Å². The fourth-order valence-electron chi connectivity index (χ4n) is 1.95. The summed E-state index contributed by atoms with van der Waals surface area (Å²) in [7, 11) is 0. The normalized spacial score (nSPS) is 10.5. The highest BCUT2D eigenvalue weighted by molar-refractivity contribution is 9.10. The van der Waals surface area contributed by atoms with Crippen LogP contribution in [0.3, 0.4) is 0 Å². The molecule has 2 aromatic rings. The summed E-state index contributed by atoms with van der Waals surface area (Å²) in [5.41, 5.74) is 9.19. The van der Waals surface area contributed by atoms with Crippen molar-refractivity contribution in [3.63, 3.8) is 0 Å². The van der Waals surface area contributed by atoms with Crippen molar-refractivity contribution >= 4 is 27.3 Å². The molecule has 0 radical (unpaired) electrons. The second-order valence-electron chi connectivity index (χ2n) is 4.46. The van der Waals surface area contributed by atoms with E-state index in [0.717, 1.165) is 23.1 Å². The predicted molar refractivity (Wildman–Crippen MR) is 83.8 cm³/mol. The zero-order valence-corrected chi connectivity index (χ0v) is 12.6. The van der Waals surface area contributed by atoms with Gasteiger partial charge in [0.25, 0.3) is 0 Å². The van der Waals surface area contributed by atoms with E-state index in [1.807, 2.05) is 18.5 Å². The highest BCUT2D eigenvalue weighted by atomic mass is 79.9. The van der Waals surface area contributed by atoms with Crippen LogP contribution in [0.15, 0.2) is 47.2 Å². The first-order valence-corrected chi connectivity index (χ1v) is 7.15. The standard InChI is InChI=1S/C15H18BrN3/c1-12-3-5-13(6-4-12)19(10-2-8-17)15-7-9-18-11-14(15)16/h3-7,9,11H,2,8,10,17H2,1H3. The topological polar surface area (TPSA) is 42.1 Å². The Kier molecular flexibility index (Phi) is 4.93. The Balaban J connectivity index is 2.35. The molecule has 0 aliphatic rings. The Bertz CT molecular complexity index is 525. The lowest BCUT2D eigenvalue weighted by Gasteiger charge is -2.26. The third-order valence-corrected chi connectivity index (χ3v) is 3.58. The second-order valence-corrected chi connectivity index (χ2v) is 5.31. The van der Waals surface area contributed by atoms with Gasteiger partial charge in [0, 0.05) is 24.6 Å². The maximum Gasteiger partial charge on any atom is 0.0595 e. The van der Waals surface area contributed by atoms with E-state index < -0.39 is 0 Å². The molecule has 1 heterocycles. The molecule has 1 aromatic carbocycles. The Morgan fingerprint density at radius 3 is 2.58 bits per heavy atom. The minimum atomic E-state index is 0.686. The maximum absolute atomic E-state index is 5.64. The van der Waals surface area contributed by atoms with Gasteiger partial charge in [-0.1, -0.05) is 17.7 Å². The van der Waals surface area contributed by atoms with Gasteiger partial charge < -0.3 is 10.6 Å². The van der Waals surface area contributed by atoms with Crippen LogP contribution < -0.4 is 10.6 Å². The largest absolute Gasteiger partial charge is 0.340 e. The maximum atomic E-state index is 5.64. The van der Waals surface area contributed by atoms with E-state index in [0.29, 0.717) is 6.54 Å². The molecule has 0 spiro atoms. The first-order valence-electron chi connectivity index (χ1n) is 6.36. The molecule has 1 aromatic heterocycles. The van der Waals surface area contributed by atoms with E-state index in [2.05, 4.69) is 57.0 Å². The highest BCUT2D eigenvalue weighted by Crippen LogP contribution is 2.31. The third-order valence-electron chi connectivity index (χ3n) is 2.97. The van der Waals surface area contributed by atoms with Gasteiger partial charge >= 0.3 is 0 Å². The number of aryl methyl sites for hydroxylation is 1. The second kappa shape index (κ2) is 6.68. The lowest BCUT2D eigenvalue weighted by atomic mass is 10.2. The first kappa shape index (κ1) is 14.0. The predicted octanol–water partition coefficient (Wildman–Crippen LogP) is 3.64. The van der Waals surface area contributed by atoms with Gasteiger partial charge in [0.15, 0.2) is 0 Å². The Hall–Kier alpha value is -1.39. The number of hydrogen-bond acceptors (Lipinski definition) is 3. The van der Waals surface area contributed by atoms with Gasteiger partial charge in [0.2, 0.25) is 0 Å². The summed E-state index contributed by atoms with van der Waals surface area (Å²) in [5, 5.41) is 0. The Labute approximate surface area is 122 Å². The van der Waals surface area contributed by atoms with Gasteiger partial charge in [0.05, 0.1) is 10.2 Å². The number of aromatic nitrogens is 1. The zero-order valence-electron chi connectivity index (χ0n) is 11.0. The number of rotatable bonds is 5. The number of halogens is 1. The SMILES string of the molecule is Cc1ccc(N(CCCN)c2ccncc2Br)cc1. The zero-order chi connectivity index (χ0) is 13.7. The molecule has 0 aliphatic carbocycles. The molecular weight excluding hydrogens is 302 g/mol. The van der Waals surface area contributed by atoms with Crippen LogP contribution in [0.25, 0.3) is 0 Å². The van der Waals surface area contributed by atoms with Crippen LogP contribution in [0.1, 0.15) is 12.0 Å². The number of nitrogens with two attached hydrogens (primary N) is 1. The van der Waals surface area contributed by atoms with Gasteiger partial charge in [-0.2, -0.15) is 0 Å². The molecule has 0 aliphatic heterocycles. The van der Waals surface area contributed by atoms with E-state index >= 15 is 0 Å². The van der Waals surface area contributed by atoms with Crippen molar-refractivity contribution in [2.75, 3.05) is 18.0 Å². The molecule has 100 valence electrons. The van der Waals surface area contributed by atoms with E-state index in [9.17, 15) is 0 Å². The van der Waals surface area contributed by atoms with Crippen molar-refractivity contribution in [3.05, 3.63) is 52.8 Å². The number of pyridine rings is 1. The fraction of sp³-hybridized carbons (Fsp3) is 0.267. The quantitative estimate of drug-likeness (QED) is 0.914. The van der Waals surface area contributed by atoms with Crippen LogP contribution >= 0.6 is 15.9 Å². The average Bonchev–Trinajstić information content (AvgIpc) is 2.43. The van der Waals surface area contributed by atoms with Crippen LogP contribution in [0.4, 0.5) is 11.4 Å². The number of benzene rings is 1. The average molecular weight is 320 g/mol. The minimum absolute atomic E-state index is 0.686. The number of anilines is 2. The Morgan fingerprint density at radius 2 is 1.95 bits per heavy atom. The van der Waals surface area contributed by atoms with Gasteiger partial charge in [-0.25, -0.2) is 0 Å². The van der Waals surface area contributed by atoms with Crippen molar-refractivity contribution in [2.24, 2.45) is 5.73 Å². The van der Waals surface area contributed by atoms with Gasteiger partial charge in [-0.05, 0) is 54.0 Å². The Morgan fingerprint density at radius 1 is 1.21 bits per heavy atom. The molecule has 0 unspecified atom stereocenters. The minimum Gasteiger partial charge on any atom is -0.340 e. The lowest BCUT2D eigenvalue weighted by molar-refractivity contribution is 0.816. The highest BCUT2D eigenvalue weighted by Gasteiger charge is 2.11. The van der Waals surface area contributed by atoms with Crippen LogP contribution in [0, 0.1) is 6.92 Å². The summed E-state index contributed by atoms with van der Waals surface area (Å²) < 4.78 is 0.993. The van der Waals surface area contributed by atoms with Gasteiger partial charge in [0.1, 0.15) is 0 Å². The van der Waals surface area contributed by atoms with Crippen LogP contribution in [0.5, 0.6) is 0 Å². The molecule has 2 rings (SSSR count). The molecule has 0 saturated carbocycles. The number of nitrogens with zero attached hydrogens (tertiary/aromatic N) is 2. The first-order chi connectivity index (χ1) is 9.22. The molecule has 0 saturated heterocycles. The van der Waals surface area contributed by atoms with Gasteiger partial charge in [-0.3, -0.25) is 4.98 Å². The molecule has 3 nitrogen and oxygen atoms in total. The molecule has 0 bridgehead atoms. The van der Waals surface area contributed by atoms with Crippen molar-refractivity contribution < 1.29 is 0 Å². The van der Waals surface area contributed by atoms with Crippen LogP contribution in [0.2, 0.25) is 0 Å². The summed E-state index contributed by atoms with van der Waals surface area (Å²) in [5.74, 6) is 0. The van der Waals surface area contributed by atoms with E-state index in [4.69, 9.17) is 5.73 Å². The van der Waals surface area contributed by atoms with Crippen molar-refractivity contribution in [2.45, 2.75) is 13.3 Å². The number of hydrogen-bond donors (Lipinski definition) is 1. The smallest absolute Gasteiger partial charge is 0.0595 e. The molecule has 19 heavy (non-hydrogen) atoms. The molecule has 0 amide bonds. The van der Waals surface area contributed by atoms with E-state index in [-0.39, 0.29) is 0 Å². The van der Waals surface area contributed by atoms with Crippen molar-refractivity contribution in [1.29, 1.82) is 0 Å². The van der Waals surface area contributed by atoms with E-state index in [1.165, 1.54) is 11.3 Å². The van der Waals surface area contributed by atoms with Gasteiger partial charge in [-0.15, -0.1) is 0 Å². The molecule has 0 atom stereocenters. The van der Waals surface area contributed by atoms with Crippen molar-refractivity contribution in [1.82, 2.24) is 4.98 Å². The van der Waals surface area contributed by atoms with E-state index in [1.54, 1.807) is 0 Å².